The third-order valence-corrected chi connectivity index (χ3v) is 8.37. The number of carbonyl (C=O) groups excluding carboxylic acids is 1. The van der Waals surface area contributed by atoms with E-state index in [1.54, 1.807) is 24.5 Å². The molecule has 7 heteroatoms. The largest absolute Gasteiger partial charge is 0.392 e. The molecule has 216 valence electrons. The van der Waals surface area contributed by atoms with Crippen LogP contribution < -0.4 is 5.32 Å². The van der Waals surface area contributed by atoms with E-state index < -0.39 is 6.29 Å². The van der Waals surface area contributed by atoms with Gasteiger partial charge < -0.3 is 19.9 Å². The fourth-order valence-corrected chi connectivity index (χ4v) is 5.94. The fraction of sp³-hybridized carbons (Fsp3) is 0.412. The SMILES string of the molecule is C=CCN(C[C@H]1O[C@@H](c2ccc(CNC(=O)c3cccnc3)cc2)O[C@@H](c2ccc(CO)cc2)[C@H]1C)C1CCCC1. The second kappa shape index (κ2) is 14.0. The molecule has 1 saturated carbocycles. The number of rotatable bonds is 11. The second-order valence-electron chi connectivity index (χ2n) is 11.2. The molecule has 7 nitrogen and oxygen atoms in total. The minimum Gasteiger partial charge on any atom is -0.392 e. The average molecular weight is 556 g/mol. The molecule has 1 amide bonds. The van der Waals surface area contributed by atoms with Gasteiger partial charge in [-0.2, -0.15) is 0 Å². The number of amides is 1. The van der Waals surface area contributed by atoms with E-state index in [4.69, 9.17) is 9.47 Å². The molecule has 4 atom stereocenters. The van der Waals surface area contributed by atoms with Crippen LogP contribution in [0.3, 0.4) is 0 Å². The normalized spacial score (nSPS) is 23.0. The van der Waals surface area contributed by atoms with Gasteiger partial charge in [0.2, 0.25) is 0 Å². The standard InChI is InChI=1S/C34H41N3O4/c1-3-19-37(30-8-4-5-9-30)22-31-24(2)32(27-14-12-26(23-38)13-15-27)41-34(40-31)28-16-10-25(11-17-28)20-36-33(39)29-7-6-18-35-21-29/h3,6-7,10-18,21,24,30-32,34,38H,1,4-5,8-9,19-20,22-23H2,2H3,(H,36,39)/t24-,31+,32+,34+/m0/s1. The van der Waals surface area contributed by atoms with E-state index >= 15 is 0 Å². The van der Waals surface area contributed by atoms with Crippen molar-refractivity contribution < 1.29 is 19.4 Å². The number of aliphatic hydroxyl groups excluding tert-OH is 1. The van der Waals surface area contributed by atoms with Gasteiger partial charge in [0.15, 0.2) is 6.29 Å². The number of ether oxygens (including phenoxy) is 2. The van der Waals surface area contributed by atoms with E-state index in [1.807, 2.05) is 42.5 Å². The van der Waals surface area contributed by atoms with Gasteiger partial charge in [0.25, 0.3) is 5.91 Å². The Balaban J connectivity index is 1.33. The van der Waals surface area contributed by atoms with E-state index in [0.29, 0.717) is 18.2 Å². The summed E-state index contributed by atoms with van der Waals surface area (Å²) in [4.78, 5) is 19.0. The predicted octanol–water partition coefficient (Wildman–Crippen LogP) is 5.73. The number of nitrogens with one attached hydrogen (secondary N) is 1. The summed E-state index contributed by atoms with van der Waals surface area (Å²) in [5.74, 6) is -0.0266. The molecular formula is C34H41N3O4. The molecule has 2 fully saturated rings. The third kappa shape index (κ3) is 7.29. The highest BCUT2D eigenvalue weighted by Crippen LogP contribution is 2.42. The van der Waals surface area contributed by atoms with Crippen molar-refractivity contribution in [3.63, 3.8) is 0 Å². The molecule has 5 rings (SSSR count). The summed E-state index contributed by atoms with van der Waals surface area (Å²) in [5.41, 5.74) is 4.43. The Morgan fingerprint density at radius 3 is 2.41 bits per heavy atom. The zero-order chi connectivity index (χ0) is 28.6. The molecule has 1 aromatic heterocycles. The van der Waals surface area contributed by atoms with Gasteiger partial charge in [-0.25, -0.2) is 0 Å². The van der Waals surface area contributed by atoms with Crippen molar-refractivity contribution in [1.82, 2.24) is 15.2 Å². The molecule has 2 aromatic carbocycles. The maximum absolute atomic E-state index is 12.4. The number of carbonyl (C=O) groups is 1. The highest BCUT2D eigenvalue weighted by atomic mass is 16.7. The first-order valence-electron chi connectivity index (χ1n) is 14.7. The Labute approximate surface area is 243 Å². The lowest BCUT2D eigenvalue weighted by atomic mass is 9.89. The zero-order valence-corrected chi connectivity index (χ0v) is 23.8. The molecule has 0 spiro atoms. The third-order valence-electron chi connectivity index (χ3n) is 8.37. The first kappa shape index (κ1) is 29.1. The number of aliphatic hydroxyl groups is 1. The lowest BCUT2D eigenvalue weighted by Gasteiger charge is -2.43. The van der Waals surface area contributed by atoms with Gasteiger partial charge in [-0.15, -0.1) is 6.58 Å². The van der Waals surface area contributed by atoms with Crippen LogP contribution in [0.15, 0.2) is 85.7 Å². The van der Waals surface area contributed by atoms with Crippen molar-refractivity contribution in [1.29, 1.82) is 0 Å². The summed E-state index contributed by atoms with van der Waals surface area (Å²) in [6, 6.07) is 20.1. The smallest absolute Gasteiger partial charge is 0.253 e. The zero-order valence-electron chi connectivity index (χ0n) is 23.8. The highest BCUT2D eigenvalue weighted by Gasteiger charge is 2.40. The van der Waals surface area contributed by atoms with E-state index in [-0.39, 0.29) is 30.6 Å². The number of aromatic nitrogens is 1. The van der Waals surface area contributed by atoms with Crippen LogP contribution in [0.1, 0.15) is 77.6 Å². The molecule has 1 saturated heterocycles. The summed E-state index contributed by atoms with van der Waals surface area (Å²) in [6.45, 7) is 8.33. The Hall–Kier alpha value is -3.36. The van der Waals surface area contributed by atoms with Gasteiger partial charge in [0.1, 0.15) is 0 Å². The number of hydrogen-bond acceptors (Lipinski definition) is 6. The van der Waals surface area contributed by atoms with Gasteiger partial charge in [-0.3, -0.25) is 14.7 Å². The molecule has 1 aliphatic carbocycles. The number of benzene rings is 2. The molecule has 0 bridgehead atoms. The highest BCUT2D eigenvalue weighted by molar-refractivity contribution is 5.93. The Kier molecular flexibility index (Phi) is 9.96. The molecule has 0 unspecified atom stereocenters. The molecule has 41 heavy (non-hydrogen) atoms. The quantitative estimate of drug-likeness (QED) is 0.294. The topological polar surface area (TPSA) is 83.9 Å². The van der Waals surface area contributed by atoms with E-state index in [1.165, 1.54) is 25.7 Å². The molecule has 2 heterocycles. The van der Waals surface area contributed by atoms with Crippen molar-refractivity contribution in [2.45, 2.75) is 70.3 Å². The number of pyridine rings is 1. The molecule has 3 aromatic rings. The van der Waals surface area contributed by atoms with Gasteiger partial charge in [0, 0.05) is 49.6 Å². The summed E-state index contributed by atoms with van der Waals surface area (Å²) in [7, 11) is 0. The Morgan fingerprint density at radius 2 is 1.76 bits per heavy atom. The molecule has 0 radical (unpaired) electrons. The van der Waals surface area contributed by atoms with Crippen LogP contribution in [0.5, 0.6) is 0 Å². The lowest BCUT2D eigenvalue weighted by Crippen LogP contribution is -2.47. The van der Waals surface area contributed by atoms with Crippen molar-refractivity contribution >= 4 is 5.91 Å². The van der Waals surface area contributed by atoms with Crippen LogP contribution in [-0.4, -0.2) is 46.1 Å². The summed E-state index contributed by atoms with van der Waals surface area (Å²) >= 11 is 0. The van der Waals surface area contributed by atoms with E-state index in [2.05, 4.69) is 40.8 Å². The number of hydrogen-bond donors (Lipinski definition) is 2. The fourth-order valence-electron chi connectivity index (χ4n) is 5.94. The predicted molar refractivity (Wildman–Crippen MR) is 159 cm³/mol. The van der Waals surface area contributed by atoms with Crippen molar-refractivity contribution in [2.75, 3.05) is 13.1 Å². The van der Waals surface area contributed by atoms with Crippen molar-refractivity contribution in [3.8, 4) is 0 Å². The summed E-state index contributed by atoms with van der Waals surface area (Å²) in [5, 5.41) is 12.5. The Bertz CT molecular complexity index is 1260. The van der Waals surface area contributed by atoms with Crippen LogP contribution in [0, 0.1) is 5.92 Å². The second-order valence-corrected chi connectivity index (χ2v) is 11.2. The molecule has 1 aliphatic heterocycles. The van der Waals surface area contributed by atoms with Gasteiger partial charge >= 0.3 is 0 Å². The maximum Gasteiger partial charge on any atom is 0.253 e. The minimum atomic E-state index is -0.521. The first-order chi connectivity index (χ1) is 20.1. The monoisotopic (exact) mass is 555 g/mol. The molecule has 2 N–H and O–H groups in total. The van der Waals surface area contributed by atoms with Gasteiger partial charge in [-0.1, -0.05) is 74.4 Å². The summed E-state index contributed by atoms with van der Waals surface area (Å²) in [6.07, 6.45) is 9.50. The van der Waals surface area contributed by atoms with Crippen LogP contribution in [0.25, 0.3) is 0 Å². The first-order valence-corrected chi connectivity index (χ1v) is 14.7. The van der Waals surface area contributed by atoms with Crippen LogP contribution in [0.2, 0.25) is 0 Å². The van der Waals surface area contributed by atoms with Crippen molar-refractivity contribution in [2.24, 2.45) is 5.92 Å². The average Bonchev–Trinajstić information content (AvgIpc) is 3.56. The van der Waals surface area contributed by atoms with Gasteiger partial charge in [-0.05, 0) is 41.7 Å². The van der Waals surface area contributed by atoms with Crippen molar-refractivity contribution in [3.05, 3.63) is 114 Å². The van der Waals surface area contributed by atoms with E-state index in [9.17, 15) is 9.90 Å². The van der Waals surface area contributed by atoms with Crippen LogP contribution >= 0.6 is 0 Å². The summed E-state index contributed by atoms with van der Waals surface area (Å²) < 4.78 is 13.3. The molecule has 2 aliphatic rings. The lowest BCUT2D eigenvalue weighted by molar-refractivity contribution is -0.276. The van der Waals surface area contributed by atoms with Crippen LogP contribution in [-0.2, 0) is 22.6 Å². The number of nitrogens with zero attached hydrogens (tertiary/aromatic N) is 2. The molecular weight excluding hydrogens is 514 g/mol. The minimum absolute atomic E-state index is 0.0165. The van der Waals surface area contributed by atoms with E-state index in [0.717, 1.165) is 35.3 Å². The van der Waals surface area contributed by atoms with Crippen LogP contribution in [0.4, 0.5) is 0 Å². The maximum atomic E-state index is 12.4. The Morgan fingerprint density at radius 1 is 1.05 bits per heavy atom. The van der Waals surface area contributed by atoms with Gasteiger partial charge in [0.05, 0.1) is 24.4 Å².